The monoisotopic (exact) mass is 741 g/mol. The Balaban J connectivity index is 1.29. The van der Waals surface area contributed by atoms with Crippen LogP contribution in [0.5, 0.6) is 0 Å². The van der Waals surface area contributed by atoms with Crippen molar-refractivity contribution < 1.29 is 0 Å². The molecule has 9 aromatic rings. The molecule has 5 heteroatoms. The SMILES string of the molecule is CC(C)(C)c1cc(N2CN(c3c(-n4c5ccccc5c5ccccc54)cccc3-n3c4ccccc4c4ccccc43)N=C2c2ccccc2)cc(C(C)(C)C)c1. The Bertz CT molecular complexity index is 2750. The minimum atomic E-state index is -0.0354. The second-order valence-electron chi connectivity index (χ2n) is 17.4. The van der Waals surface area contributed by atoms with Gasteiger partial charge >= 0.3 is 0 Å². The van der Waals surface area contributed by atoms with Crippen LogP contribution in [0, 0.1) is 0 Å². The first-order valence-electron chi connectivity index (χ1n) is 20.0. The molecule has 10 rings (SSSR count). The Morgan fingerprint density at radius 1 is 0.439 bits per heavy atom. The van der Waals surface area contributed by atoms with E-state index in [-0.39, 0.29) is 10.8 Å². The van der Waals surface area contributed by atoms with Crippen molar-refractivity contribution in [1.29, 1.82) is 0 Å². The molecular weight excluding hydrogens is 695 g/mol. The maximum Gasteiger partial charge on any atom is 0.162 e. The van der Waals surface area contributed by atoms with Gasteiger partial charge in [-0.05, 0) is 70.5 Å². The highest BCUT2D eigenvalue weighted by atomic mass is 15.6. The number of para-hydroxylation sites is 5. The Kier molecular flexibility index (Phi) is 7.95. The lowest BCUT2D eigenvalue weighted by atomic mass is 9.80. The van der Waals surface area contributed by atoms with Gasteiger partial charge in [-0.2, -0.15) is 5.10 Å². The number of fused-ring (bicyclic) bond motifs is 6. The molecule has 57 heavy (non-hydrogen) atoms. The van der Waals surface area contributed by atoms with Gasteiger partial charge in [0.2, 0.25) is 0 Å². The summed E-state index contributed by atoms with van der Waals surface area (Å²) < 4.78 is 4.88. The van der Waals surface area contributed by atoms with E-state index in [2.05, 4.69) is 224 Å². The van der Waals surface area contributed by atoms with Gasteiger partial charge < -0.3 is 14.0 Å². The van der Waals surface area contributed by atoms with Crippen molar-refractivity contribution in [1.82, 2.24) is 9.13 Å². The highest BCUT2D eigenvalue weighted by Crippen LogP contribution is 2.44. The van der Waals surface area contributed by atoms with Gasteiger partial charge in [0.25, 0.3) is 0 Å². The molecule has 1 aliphatic heterocycles. The number of anilines is 2. The van der Waals surface area contributed by atoms with Crippen LogP contribution in [-0.4, -0.2) is 21.6 Å². The molecule has 0 spiro atoms. The van der Waals surface area contributed by atoms with E-state index in [4.69, 9.17) is 5.10 Å². The molecule has 0 bridgehead atoms. The number of aromatic nitrogens is 2. The van der Waals surface area contributed by atoms with E-state index in [0.717, 1.165) is 56.2 Å². The molecule has 280 valence electrons. The summed E-state index contributed by atoms with van der Waals surface area (Å²) in [5.74, 6) is 0.923. The third-order valence-corrected chi connectivity index (χ3v) is 11.6. The number of benzene rings is 7. The number of hydrogen-bond donors (Lipinski definition) is 0. The van der Waals surface area contributed by atoms with Gasteiger partial charge in [0.15, 0.2) is 5.84 Å². The zero-order chi connectivity index (χ0) is 39.1. The molecule has 7 aromatic carbocycles. The molecule has 0 saturated carbocycles. The zero-order valence-electron chi connectivity index (χ0n) is 33.5. The van der Waals surface area contributed by atoms with Gasteiger partial charge in [0.1, 0.15) is 12.4 Å². The van der Waals surface area contributed by atoms with E-state index in [1.165, 1.54) is 32.7 Å². The van der Waals surface area contributed by atoms with Gasteiger partial charge in [-0.1, -0.05) is 157 Å². The first kappa shape index (κ1) is 34.9. The molecule has 0 saturated heterocycles. The van der Waals surface area contributed by atoms with Crippen LogP contribution in [0.3, 0.4) is 0 Å². The summed E-state index contributed by atoms with van der Waals surface area (Å²) in [6.45, 7) is 14.4. The van der Waals surface area contributed by atoms with E-state index in [0.29, 0.717) is 6.67 Å². The first-order valence-corrected chi connectivity index (χ1v) is 20.0. The predicted octanol–water partition coefficient (Wildman–Crippen LogP) is 13.1. The quantitative estimate of drug-likeness (QED) is 0.176. The fourth-order valence-electron chi connectivity index (χ4n) is 8.67. The average Bonchev–Trinajstić information content (AvgIpc) is 3.91. The van der Waals surface area contributed by atoms with Crippen LogP contribution in [0.25, 0.3) is 55.0 Å². The van der Waals surface area contributed by atoms with E-state index in [1.807, 2.05) is 0 Å². The summed E-state index contributed by atoms with van der Waals surface area (Å²) in [6.07, 6.45) is 0. The van der Waals surface area contributed by atoms with Crippen LogP contribution in [0.1, 0.15) is 58.2 Å². The fourth-order valence-corrected chi connectivity index (χ4v) is 8.67. The van der Waals surface area contributed by atoms with Gasteiger partial charge in [0.05, 0.1) is 33.4 Å². The Hall–Kier alpha value is -6.59. The Morgan fingerprint density at radius 2 is 0.842 bits per heavy atom. The highest BCUT2D eigenvalue weighted by molar-refractivity contribution is 6.14. The average molecular weight is 742 g/mol. The predicted molar refractivity (Wildman–Crippen MR) is 242 cm³/mol. The van der Waals surface area contributed by atoms with Crippen LogP contribution < -0.4 is 9.91 Å². The molecule has 0 N–H and O–H groups in total. The van der Waals surface area contributed by atoms with E-state index in [9.17, 15) is 0 Å². The third kappa shape index (κ3) is 5.71. The molecule has 1 aliphatic rings. The molecule has 0 atom stereocenters. The Labute approximate surface area is 334 Å². The van der Waals surface area contributed by atoms with Crippen LogP contribution in [0.15, 0.2) is 169 Å². The second-order valence-corrected chi connectivity index (χ2v) is 17.4. The summed E-state index contributed by atoms with van der Waals surface area (Å²) in [5.41, 5.74) is 12.6. The minimum absolute atomic E-state index is 0.0354. The summed E-state index contributed by atoms with van der Waals surface area (Å²) in [4.78, 5) is 2.41. The topological polar surface area (TPSA) is 28.7 Å². The van der Waals surface area contributed by atoms with Crippen LogP contribution in [-0.2, 0) is 10.8 Å². The summed E-state index contributed by atoms with van der Waals surface area (Å²) in [5, 5.41) is 12.8. The number of amidine groups is 1. The maximum atomic E-state index is 5.68. The third-order valence-electron chi connectivity index (χ3n) is 11.6. The van der Waals surface area contributed by atoms with Crippen molar-refractivity contribution in [3.8, 4) is 11.4 Å². The second kappa shape index (κ2) is 13.0. The molecular formula is C52H47N5. The summed E-state index contributed by atoms with van der Waals surface area (Å²) in [7, 11) is 0. The van der Waals surface area contributed by atoms with Crippen molar-refractivity contribution in [3.05, 3.63) is 180 Å². The number of hydrazone groups is 1. The van der Waals surface area contributed by atoms with Gasteiger partial charge in [-0.25, -0.2) is 5.01 Å². The van der Waals surface area contributed by atoms with Gasteiger partial charge in [0, 0.05) is 32.8 Å². The molecule has 0 fully saturated rings. The number of nitrogens with zero attached hydrogens (tertiary/aromatic N) is 5. The molecule has 3 heterocycles. The number of hydrogen-bond acceptors (Lipinski definition) is 3. The lowest BCUT2D eigenvalue weighted by Crippen LogP contribution is -2.33. The van der Waals surface area contributed by atoms with Crippen molar-refractivity contribution >= 4 is 60.8 Å². The normalized spacial score (nSPS) is 13.8. The summed E-state index contributed by atoms with van der Waals surface area (Å²) in [6, 6.07) is 59.6. The van der Waals surface area contributed by atoms with E-state index < -0.39 is 0 Å². The van der Waals surface area contributed by atoms with E-state index in [1.54, 1.807) is 0 Å². The zero-order valence-corrected chi connectivity index (χ0v) is 33.5. The van der Waals surface area contributed by atoms with Crippen LogP contribution in [0.4, 0.5) is 11.4 Å². The van der Waals surface area contributed by atoms with Crippen LogP contribution in [0.2, 0.25) is 0 Å². The van der Waals surface area contributed by atoms with Crippen LogP contribution >= 0.6 is 0 Å². The smallest absolute Gasteiger partial charge is 0.162 e. The van der Waals surface area contributed by atoms with E-state index >= 15 is 0 Å². The Morgan fingerprint density at radius 3 is 1.26 bits per heavy atom. The molecule has 0 radical (unpaired) electrons. The maximum absolute atomic E-state index is 5.68. The van der Waals surface area contributed by atoms with Gasteiger partial charge in [-0.3, -0.25) is 0 Å². The molecule has 0 amide bonds. The molecule has 0 unspecified atom stereocenters. The summed E-state index contributed by atoms with van der Waals surface area (Å²) >= 11 is 0. The van der Waals surface area contributed by atoms with Crippen molar-refractivity contribution in [2.75, 3.05) is 16.6 Å². The number of rotatable bonds is 5. The first-order chi connectivity index (χ1) is 27.6. The lowest BCUT2D eigenvalue weighted by Gasteiger charge is -2.30. The lowest BCUT2D eigenvalue weighted by molar-refractivity contribution is 0.568. The molecule has 5 nitrogen and oxygen atoms in total. The van der Waals surface area contributed by atoms with Gasteiger partial charge in [-0.15, -0.1) is 0 Å². The minimum Gasteiger partial charge on any atom is -0.307 e. The molecule has 0 aliphatic carbocycles. The largest absolute Gasteiger partial charge is 0.307 e. The van der Waals surface area contributed by atoms with Crippen molar-refractivity contribution in [2.45, 2.75) is 52.4 Å². The molecule has 2 aromatic heterocycles. The van der Waals surface area contributed by atoms with Crippen molar-refractivity contribution in [2.24, 2.45) is 5.10 Å². The highest BCUT2D eigenvalue weighted by Gasteiger charge is 2.33. The standard InChI is InChI=1S/C52H47N5/c1-51(2,3)36-31-37(52(4,5)6)33-38(32-36)54-34-55(53-50(54)35-19-8-7-9-20-35)49-47(56-43-25-14-10-21-39(43)40-22-11-15-26-44(40)56)29-18-30-48(49)57-45-27-16-12-23-41(45)42-24-13-17-28-46(42)57/h7-33H,34H2,1-6H3. The van der Waals surface area contributed by atoms with Crippen molar-refractivity contribution in [3.63, 3.8) is 0 Å². The fraction of sp³-hybridized carbons (Fsp3) is 0.173.